The van der Waals surface area contributed by atoms with E-state index in [4.69, 9.17) is 4.74 Å². The summed E-state index contributed by atoms with van der Waals surface area (Å²) in [5, 5.41) is 0. The van der Waals surface area contributed by atoms with E-state index in [1.165, 1.54) is 11.1 Å². The Morgan fingerprint density at radius 1 is 1.21 bits per heavy atom. The number of nitrogens with zero attached hydrogens (tertiary/aromatic N) is 1. The first-order valence-electron chi connectivity index (χ1n) is 8.45. The van der Waals surface area contributed by atoms with Crippen molar-refractivity contribution in [3.05, 3.63) is 41.6 Å². The number of fused-ring (bicyclic) bond motifs is 4. The highest BCUT2D eigenvalue weighted by Gasteiger charge is 2.43. The van der Waals surface area contributed by atoms with Gasteiger partial charge in [-0.3, -0.25) is 0 Å². The van der Waals surface area contributed by atoms with Crippen LogP contribution in [0.25, 0.3) is 11.3 Å². The number of aromatic nitrogens is 1. The highest BCUT2D eigenvalue weighted by Crippen LogP contribution is 2.46. The van der Waals surface area contributed by atoms with Gasteiger partial charge in [-0.2, -0.15) is 4.57 Å². The van der Waals surface area contributed by atoms with Gasteiger partial charge >= 0.3 is 0 Å². The van der Waals surface area contributed by atoms with Crippen molar-refractivity contribution in [1.29, 1.82) is 0 Å². The molecule has 0 fully saturated rings. The molecule has 0 aliphatic carbocycles. The molecule has 4 rings (SSSR count). The summed E-state index contributed by atoms with van der Waals surface area (Å²) in [6.07, 6.45) is 4.12. The maximum atomic E-state index is 12.3. The lowest BCUT2D eigenvalue weighted by atomic mass is 9.71. The first kappa shape index (κ1) is 15.6. The van der Waals surface area contributed by atoms with Crippen LogP contribution in [-0.4, -0.2) is 14.4 Å². The molecule has 0 radical (unpaired) electrons. The van der Waals surface area contributed by atoms with E-state index in [-0.39, 0.29) is 11.4 Å². The van der Waals surface area contributed by atoms with E-state index in [0.29, 0.717) is 10.6 Å². The first-order chi connectivity index (χ1) is 11.4. The van der Waals surface area contributed by atoms with Gasteiger partial charge in [-0.05, 0) is 43.0 Å². The Morgan fingerprint density at radius 2 is 1.96 bits per heavy atom. The molecule has 0 saturated carbocycles. The third-order valence-corrected chi connectivity index (χ3v) is 7.07. The highest BCUT2D eigenvalue weighted by molar-refractivity contribution is 7.91. The fraction of sp³-hybridized carbons (Fsp3) is 0.421. The Balaban J connectivity index is 2.08. The van der Waals surface area contributed by atoms with Crippen molar-refractivity contribution in [3.63, 3.8) is 0 Å². The van der Waals surface area contributed by atoms with E-state index in [1.807, 2.05) is 12.1 Å². The van der Waals surface area contributed by atoms with E-state index in [0.717, 1.165) is 30.6 Å². The van der Waals surface area contributed by atoms with Gasteiger partial charge in [0.05, 0.1) is 11.0 Å². The summed E-state index contributed by atoms with van der Waals surface area (Å²) in [5.41, 5.74) is 4.52. The lowest BCUT2D eigenvalue weighted by molar-refractivity contribution is -0.697. The third-order valence-electron chi connectivity index (χ3n) is 5.65. The van der Waals surface area contributed by atoms with Crippen LogP contribution < -0.4 is 9.30 Å². The average molecular weight is 344 g/mol. The number of rotatable bonds is 2. The molecule has 126 valence electrons. The summed E-state index contributed by atoms with van der Waals surface area (Å²) in [7, 11) is -3.33. The second-order valence-electron chi connectivity index (χ2n) is 6.93. The largest absolute Gasteiger partial charge is 0.476 e. The zero-order chi connectivity index (χ0) is 17.1. The van der Waals surface area contributed by atoms with E-state index in [1.54, 1.807) is 0 Å². The van der Waals surface area contributed by atoms with Crippen molar-refractivity contribution >= 4 is 9.84 Å². The van der Waals surface area contributed by atoms with Crippen molar-refractivity contribution in [3.8, 4) is 17.0 Å². The Bertz CT molecular complexity index is 943. The number of benzene rings is 1. The minimum Gasteiger partial charge on any atom is -0.476 e. The van der Waals surface area contributed by atoms with Crippen molar-refractivity contribution in [2.24, 2.45) is 0 Å². The van der Waals surface area contributed by atoms with Gasteiger partial charge in [-0.25, -0.2) is 8.42 Å². The van der Waals surface area contributed by atoms with Crippen LogP contribution in [0.1, 0.15) is 37.8 Å². The zero-order valence-corrected chi connectivity index (χ0v) is 15.1. The van der Waals surface area contributed by atoms with Crippen LogP contribution in [0.4, 0.5) is 0 Å². The number of hydrogen-bond acceptors (Lipinski definition) is 3. The van der Waals surface area contributed by atoms with Crippen molar-refractivity contribution in [2.75, 3.05) is 5.94 Å². The van der Waals surface area contributed by atoms with Gasteiger partial charge in [-0.1, -0.05) is 13.8 Å². The van der Waals surface area contributed by atoms with Crippen LogP contribution >= 0.6 is 0 Å². The van der Waals surface area contributed by atoms with Gasteiger partial charge in [0.25, 0.3) is 0 Å². The Morgan fingerprint density at radius 3 is 2.67 bits per heavy atom. The van der Waals surface area contributed by atoms with Gasteiger partial charge in [-0.15, -0.1) is 0 Å². The fourth-order valence-electron chi connectivity index (χ4n) is 4.04. The molecule has 3 heterocycles. The molecule has 24 heavy (non-hydrogen) atoms. The molecule has 2 aliphatic heterocycles. The molecule has 0 N–H and O–H groups in total. The number of sulfone groups is 1. The number of pyridine rings is 1. The summed E-state index contributed by atoms with van der Waals surface area (Å²) in [6.45, 7) is 7.39. The molecule has 0 atom stereocenters. The quantitative estimate of drug-likeness (QED) is 0.786. The highest BCUT2D eigenvalue weighted by atomic mass is 32.2. The fourth-order valence-corrected chi connectivity index (χ4v) is 5.17. The number of aryl methyl sites for hydroxylation is 1. The predicted molar refractivity (Wildman–Crippen MR) is 91.8 cm³/mol. The maximum Gasteiger partial charge on any atom is 0.216 e. The average Bonchev–Trinajstić information content (AvgIpc) is 2.88. The van der Waals surface area contributed by atoms with Crippen LogP contribution in [0, 0.1) is 6.92 Å². The van der Waals surface area contributed by atoms with Crippen LogP contribution in [0.5, 0.6) is 5.75 Å². The van der Waals surface area contributed by atoms with Gasteiger partial charge in [0, 0.05) is 12.1 Å². The minimum absolute atomic E-state index is 0.00694. The molecular weight excluding hydrogens is 322 g/mol. The summed E-state index contributed by atoms with van der Waals surface area (Å²) in [4.78, 5) is 0.331. The van der Waals surface area contributed by atoms with Crippen molar-refractivity contribution in [2.45, 2.75) is 50.5 Å². The Hall–Kier alpha value is -1.88. The smallest absolute Gasteiger partial charge is 0.216 e. The molecule has 2 aliphatic rings. The molecule has 1 aromatic heterocycles. The van der Waals surface area contributed by atoms with Crippen LogP contribution in [0.15, 0.2) is 35.4 Å². The molecule has 2 aromatic rings. The molecule has 4 nitrogen and oxygen atoms in total. The predicted octanol–water partition coefficient (Wildman–Crippen LogP) is 3.14. The molecule has 0 spiro atoms. The topological polar surface area (TPSA) is 47.2 Å². The third kappa shape index (κ3) is 2.04. The molecule has 1 aromatic carbocycles. The minimum atomic E-state index is -3.33. The van der Waals surface area contributed by atoms with Crippen LogP contribution in [0.3, 0.4) is 0 Å². The lowest BCUT2D eigenvalue weighted by Gasteiger charge is -2.35. The molecule has 5 heteroatoms. The summed E-state index contributed by atoms with van der Waals surface area (Å²) in [5.74, 6) is 0.269. The second kappa shape index (κ2) is 5.06. The van der Waals surface area contributed by atoms with Crippen molar-refractivity contribution in [1.82, 2.24) is 0 Å². The van der Waals surface area contributed by atoms with Crippen molar-refractivity contribution < 1.29 is 17.7 Å². The van der Waals surface area contributed by atoms with Gasteiger partial charge in [0.2, 0.25) is 15.5 Å². The molecule has 0 bridgehead atoms. The summed E-state index contributed by atoms with van der Waals surface area (Å²) < 4.78 is 32.3. The van der Waals surface area contributed by atoms with E-state index >= 15 is 0 Å². The second-order valence-corrected chi connectivity index (χ2v) is 8.83. The monoisotopic (exact) mass is 344 g/mol. The number of hydrogen-bond donors (Lipinski definition) is 0. The normalized spacial score (nSPS) is 19.1. The van der Waals surface area contributed by atoms with E-state index in [2.05, 4.69) is 43.7 Å². The lowest BCUT2D eigenvalue weighted by Crippen LogP contribution is -2.50. The molecule has 0 saturated heterocycles. The first-order valence-corrected chi connectivity index (χ1v) is 10.1. The summed E-state index contributed by atoms with van der Waals surface area (Å²) >= 11 is 0. The summed E-state index contributed by atoms with van der Waals surface area (Å²) in [6, 6.07) is 8.06. The van der Waals surface area contributed by atoms with Crippen LogP contribution in [-0.2, 0) is 21.8 Å². The molecule has 0 amide bonds. The van der Waals surface area contributed by atoms with Gasteiger partial charge in [0.15, 0.2) is 18.7 Å². The zero-order valence-electron chi connectivity index (χ0n) is 14.3. The maximum absolute atomic E-state index is 12.3. The number of ether oxygens (including phenoxy) is 1. The van der Waals surface area contributed by atoms with Gasteiger partial charge in [0.1, 0.15) is 10.6 Å². The molecule has 0 unspecified atom stereocenters. The van der Waals surface area contributed by atoms with E-state index in [9.17, 15) is 8.42 Å². The van der Waals surface area contributed by atoms with Crippen LogP contribution in [0.2, 0.25) is 0 Å². The standard InChI is InChI=1S/C19H22NO3S/c1-4-19(5-2)11-20-7-6-13(3)8-16(20)14-9-18-17(10-15(14)19)23-12-24(18,21)22/h6-10H,4-5,11-12H2,1-3H3/q+1. The Labute approximate surface area is 143 Å². The van der Waals surface area contributed by atoms with E-state index < -0.39 is 9.84 Å². The molecular formula is C19H22NO3S+. The van der Waals surface area contributed by atoms with Gasteiger partial charge < -0.3 is 4.74 Å². The Kier molecular flexibility index (Phi) is 3.29. The SMILES string of the molecule is CCC1(CC)C[n+]2ccc(C)cc2-c2cc3c(cc21)OCS3(=O)=O.